The first-order chi connectivity index (χ1) is 11.4. The summed E-state index contributed by atoms with van der Waals surface area (Å²) < 4.78 is 1.14. The van der Waals surface area contributed by atoms with Crippen LogP contribution in [0, 0.1) is 0 Å². The Morgan fingerprint density at radius 3 is 2.62 bits per heavy atom. The molecule has 0 saturated heterocycles. The number of aliphatic imine (C=N–C) groups is 1. The van der Waals surface area contributed by atoms with Crippen LogP contribution in [0.3, 0.4) is 0 Å². The maximum atomic E-state index is 4.26. The molecule has 0 amide bonds. The zero-order valence-corrected chi connectivity index (χ0v) is 18.4. The molecule has 1 heterocycles. The van der Waals surface area contributed by atoms with Gasteiger partial charge in [-0.25, -0.2) is 4.98 Å². The molecule has 0 fully saturated rings. The number of hydrogen-bond acceptors (Lipinski definition) is 5. The number of hydrogen-bond donors (Lipinski definition) is 2. The lowest BCUT2D eigenvalue weighted by molar-refractivity contribution is 0.800. The lowest BCUT2D eigenvalue weighted by atomic mass is 10.4. The van der Waals surface area contributed by atoms with Gasteiger partial charge in [-0.05, 0) is 18.6 Å². The van der Waals surface area contributed by atoms with E-state index in [0.717, 1.165) is 41.3 Å². The fourth-order valence-electron chi connectivity index (χ4n) is 1.80. The highest BCUT2D eigenvalue weighted by molar-refractivity contribution is 14.0. The Balaban J connectivity index is 0.00000288. The second-order valence-corrected chi connectivity index (χ2v) is 7.99. The normalized spacial score (nSPS) is 11.0. The average Bonchev–Trinajstić information content (AvgIpc) is 3.11. The molecule has 0 aliphatic rings. The van der Waals surface area contributed by atoms with Gasteiger partial charge in [0.1, 0.15) is 4.34 Å². The zero-order chi connectivity index (χ0) is 16.2. The van der Waals surface area contributed by atoms with Crippen molar-refractivity contribution in [2.75, 3.05) is 31.6 Å². The Morgan fingerprint density at radius 2 is 1.92 bits per heavy atom. The summed E-state index contributed by atoms with van der Waals surface area (Å²) in [6.45, 7) is 1.82. The third-order valence-corrected chi connectivity index (χ3v) is 5.94. The van der Waals surface area contributed by atoms with Crippen molar-refractivity contribution in [1.29, 1.82) is 0 Å². The minimum absolute atomic E-state index is 0. The molecule has 0 aliphatic heterocycles. The van der Waals surface area contributed by atoms with Crippen LogP contribution >= 0.6 is 58.8 Å². The molecule has 0 spiro atoms. The monoisotopic (exact) mass is 494 g/mol. The maximum absolute atomic E-state index is 4.26. The van der Waals surface area contributed by atoms with E-state index in [1.807, 2.05) is 48.2 Å². The number of guanidine groups is 1. The molecule has 132 valence electrons. The van der Waals surface area contributed by atoms with Gasteiger partial charge >= 0.3 is 0 Å². The largest absolute Gasteiger partial charge is 0.356 e. The van der Waals surface area contributed by atoms with Gasteiger partial charge in [-0.15, -0.1) is 47.1 Å². The summed E-state index contributed by atoms with van der Waals surface area (Å²) in [5.41, 5.74) is 0. The van der Waals surface area contributed by atoms with Crippen molar-refractivity contribution in [2.45, 2.75) is 15.7 Å². The predicted octanol–water partition coefficient (Wildman–Crippen LogP) is 4.20. The summed E-state index contributed by atoms with van der Waals surface area (Å²) in [4.78, 5) is 9.81. The van der Waals surface area contributed by atoms with Crippen molar-refractivity contribution in [2.24, 2.45) is 4.99 Å². The van der Waals surface area contributed by atoms with Gasteiger partial charge in [0.2, 0.25) is 0 Å². The van der Waals surface area contributed by atoms with Crippen molar-refractivity contribution >= 4 is 64.8 Å². The molecule has 0 radical (unpaired) electrons. The van der Waals surface area contributed by atoms with Gasteiger partial charge in [0.25, 0.3) is 0 Å². The maximum Gasteiger partial charge on any atom is 0.191 e. The Labute approximate surface area is 173 Å². The second-order valence-electron chi connectivity index (χ2n) is 4.59. The third-order valence-electron chi connectivity index (χ3n) is 2.88. The van der Waals surface area contributed by atoms with Gasteiger partial charge in [-0.1, -0.05) is 30.0 Å². The highest BCUT2D eigenvalue weighted by Crippen LogP contribution is 2.20. The van der Waals surface area contributed by atoms with Gasteiger partial charge in [-0.2, -0.15) is 0 Å². The lowest BCUT2D eigenvalue weighted by Crippen LogP contribution is -2.38. The molecule has 2 aromatic rings. The summed E-state index contributed by atoms with van der Waals surface area (Å²) in [5, 5.41) is 8.71. The fraction of sp³-hybridized carbons (Fsp3) is 0.375. The lowest BCUT2D eigenvalue weighted by Gasteiger charge is -2.11. The van der Waals surface area contributed by atoms with Crippen LogP contribution in [0.2, 0.25) is 0 Å². The molecular weight excluding hydrogens is 471 g/mol. The SMILES string of the molecule is CN=C(NCCCSc1nccs1)NCCSc1ccccc1.I. The topological polar surface area (TPSA) is 49.3 Å². The first-order valence-electron chi connectivity index (χ1n) is 7.53. The smallest absolute Gasteiger partial charge is 0.191 e. The van der Waals surface area contributed by atoms with Crippen LogP contribution in [0.5, 0.6) is 0 Å². The predicted molar refractivity (Wildman–Crippen MR) is 119 cm³/mol. The van der Waals surface area contributed by atoms with E-state index >= 15 is 0 Å². The van der Waals surface area contributed by atoms with Crippen LogP contribution in [0.25, 0.3) is 0 Å². The Hall–Kier alpha value is -0.450. The van der Waals surface area contributed by atoms with Crippen LogP contribution in [0.15, 0.2) is 56.1 Å². The average molecular weight is 494 g/mol. The summed E-state index contributed by atoms with van der Waals surface area (Å²) in [6.07, 6.45) is 2.94. The molecule has 2 rings (SSSR count). The van der Waals surface area contributed by atoms with Crippen LogP contribution in [0.1, 0.15) is 6.42 Å². The number of thioether (sulfide) groups is 2. The van der Waals surface area contributed by atoms with Gasteiger partial charge in [-0.3, -0.25) is 4.99 Å². The van der Waals surface area contributed by atoms with Crippen LogP contribution in [0.4, 0.5) is 0 Å². The number of halogens is 1. The van der Waals surface area contributed by atoms with E-state index in [1.165, 1.54) is 4.90 Å². The first-order valence-corrected chi connectivity index (χ1v) is 10.4. The molecule has 0 unspecified atom stereocenters. The van der Waals surface area contributed by atoms with Crippen LogP contribution in [-0.2, 0) is 0 Å². The van der Waals surface area contributed by atoms with Gasteiger partial charge in [0.15, 0.2) is 5.96 Å². The summed E-state index contributed by atoms with van der Waals surface area (Å²) >= 11 is 5.35. The van der Waals surface area contributed by atoms with E-state index in [1.54, 1.807) is 11.3 Å². The van der Waals surface area contributed by atoms with E-state index in [9.17, 15) is 0 Å². The Morgan fingerprint density at radius 1 is 1.12 bits per heavy atom. The fourth-order valence-corrected chi connectivity index (χ4v) is 4.23. The van der Waals surface area contributed by atoms with E-state index in [-0.39, 0.29) is 24.0 Å². The van der Waals surface area contributed by atoms with Crippen molar-refractivity contribution < 1.29 is 0 Å². The summed E-state index contributed by atoms with van der Waals surface area (Å²) in [5.74, 6) is 2.96. The quantitative estimate of drug-likeness (QED) is 0.180. The molecule has 4 nitrogen and oxygen atoms in total. The Bertz CT molecular complexity index is 564. The van der Waals surface area contributed by atoms with E-state index < -0.39 is 0 Å². The standard InChI is InChI=1S/C16H22N4S3.HI/c1-17-15(18-8-5-11-22-16-20-10-13-23-16)19-9-12-21-14-6-3-2-4-7-14;/h2-4,6-7,10,13H,5,8-9,11-12H2,1H3,(H2,17,18,19);1H. The molecule has 1 aromatic carbocycles. The molecule has 2 N–H and O–H groups in total. The molecule has 1 aromatic heterocycles. The van der Waals surface area contributed by atoms with Crippen molar-refractivity contribution in [3.63, 3.8) is 0 Å². The summed E-state index contributed by atoms with van der Waals surface area (Å²) in [7, 11) is 1.81. The number of nitrogens with one attached hydrogen (secondary N) is 2. The van der Waals surface area contributed by atoms with E-state index in [2.05, 4.69) is 44.9 Å². The number of rotatable bonds is 9. The number of nitrogens with zero attached hydrogens (tertiary/aromatic N) is 2. The highest BCUT2D eigenvalue weighted by Gasteiger charge is 1.99. The molecule has 0 atom stereocenters. The van der Waals surface area contributed by atoms with Gasteiger partial charge < -0.3 is 10.6 Å². The third kappa shape index (κ3) is 9.14. The van der Waals surface area contributed by atoms with Crippen LogP contribution < -0.4 is 10.6 Å². The molecule has 24 heavy (non-hydrogen) atoms. The minimum Gasteiger partial charge on any atom is -0.356 e. The second kappa shape index (κ2) is 13.8. The van der Waals surface area contributed by atoms with Gasteiger partial charge in [0.05, 0.1) is 0 Å². The molecular formula is C16H23IN4S3. The first kappa shape index (κ1) is 21.6. The minimum atomic E-state index is 0. The molecule has 0 bridgehead atoms. The van der Waals surface area contributed by atoms with Crippen molar-refractivity contribution in [3.8, 4) is 0 Å². The highest BCUT2D eigenvalue weighted by atomic mass is 127. The van der Waals surface area contributed by atoms with Crippen molar-refractivity contribution in [3.05, 3.63) is 41.9 Å². The molecule has 0 aliphatic carbocycles. The number of aromatic nitrogens is 1. The number of benzene rings is 1. The molecule has 8 heteroatoms. The van der Waals surface area contributed by atoms with E-state index in [4.69, 9.17) is 0 Å². The summed E-state index contributed by atoms with van der Waals surface area (Å²) in [6, 6.07) is 10.5. The van der Waals surface area contributed by atoms with Crippen molar-refractivity contribution in [1.82, 2.24) is 15.6 Å². The van der Waals surface area contributed by atoms with Crippen LogP contribution in [-0.4, -0.2) is 42.6 Å². The number of thiazole rings is 1. The molecule has 0 saturated carbocycles. The van der Waals surface area contributed by atoms with E-state index in [0.29, 0.717) is 0 Å². The Kier molecular flexibility index (Phi) is 12.4. The zero-order valence-electron chi connectivity index (χ0n) is 13.6. The van der Waals surface area contributed by atoms with Gasteiger partial charge in [0, 0.05) is 48.1 Å².